The summed E-state index contributed by atoms with van der Waals surface area (Å²) in [4.78, 5) is 29.0. The van der Waals surface area contributed by atoms with Crippen LogP contribution in [-0.2, 0) is 4.79 Å². The van der Waals surface area contributed by atoms with Gasteiger partial charge in [0.05, 0.1) is 6.54 Å². The van der Waals surface area contributed by atoms with Crippen LogP contribution < -0.4 is 5.32 Å². The Balaban J connectivity index is 1.48. The Morgan fingerprint density at radius 1 is 1.04 bits per heavy atom. The lowest BCUT2D eigenvalue weighted by atomic mass is 9.86. The van der Waals surface area contributed by atoms with Gasteiger partial charge in [0.2, 0.25) is 5.91 Å². The van der Waals surface area contributed by atoms with Gasteiger partial charge in [-0.15, -0.1) is 0 Å². The Morgan fingerprint density at radius 2 is 1.78 bits per heavy atom. The van der Waals surface area contributed by atoms with Crippen LogP contribution in [0.15, 0.2) is 24.3 Å². The van der Waals surface area contributed by atoms with Crippen molar-refractivity contribution in [1.82, 2.24) is 15.1 Å². The number of halogens is 1. The lowest BCUT2D eigenvalue weighted by Gasteiger charge is -2.30. The monoisotopic (exact) mass is 375 g/mol. The van der Waals surface area contributed by atoms with Crippen molar-refractivity contribution < 1.29 is 14.0 Å². The molecule has 0 aromatic heterocycles. The first-order chi connectivity index (χ1) is 13.0. The lowest BCUT2D eigenvalue weighted by Crippen LogP contribution is -2.46. The second-order valence-electron chi connectivity index (χ2n) is 7.86. The van der Waals surface area contributed by atoms with E-state index in [2.05, 4.69) is 17.1 Å². The molecule has 0 radical (unpaired) electrons. The second-order valence-corrected chi connectivity index (χ2v) is 7.86. The van der Waals surface area contributed by atoms with Crippen LogP contribution in [0.4, 0.5) is 4.39 Å². The SMILES string of the molecule is C[C@H]1CCCC[C@H]1NC(=O)CN1CCCN(C(=O)c2ccc(F)cc2)CC1. The van der Waals surface area contributed by atoms with Gasteiger partial charge in [-0.25, -0.2) is 4.39 Å². The van der Waals surface area contributed by atoms with Crippen LogP contribution in [0.1, 0.15) is 49.4 Å². The van der Waals surface area contributed by atoms with Gasteiger partial charge in [0.25, 0.3) is 5.91 Å². The van der Waals surface area contributed by atoms with Gasteiger partial charge in [-0.2, -0.15) is 0 Å². The Kier molecular flexibility index (Phi) is 6.83. The molecule has 1 saturated heterocycles. The number of carbonyl (C=O) groups excluding carboxylic acids is 2. The third-order valence-corrected chi connectivity index (χ3v) is 5.79. The Labute approximate surface area is 160 Å². The summed E-state index contributed by atoms with van der Waals surface area (Å²) in [5, 5.41) is 3.20. The lowest BCUT2D eigenvalue weighted by molar-refractivity contribution is -0.123. The molecule has 27 heavy (non-hydrogen) atoms. The van der Waals surface area contributed by atoms with Crippen LogP contribution in [0.25, 0.3) is 0 Å². The van der Waals surface area contributed by atoms with Crippen molar-refractivity contribution in [3.05, 3.63) is 35.6 Å². The predicted octanol–water partition coefficient (Wildman–Crippen LogP) is 2.67. The number of amides is 2. The normalized spacial score (nSPS) is 24.3. The first-order valence-electron chi connectivity index (χ1n) is 10.1. The van der Waals surface area contributed by atoms with Crippen molar-refractivity contribution in [2.75, 3.05) is 32.7 Å². The topological polar surface area (TPSA) is 52.7 Å². The van der Waals surface area contributed by atoms with Crippen molar-refractivity contribution in [2.24, 2.45) is 5.92 Å². The summed E-state index contributed by atoms with van der Waals surface area (Å²) >= 11 is 0. The number of benzene rings is 1. The highest BCUT2D eigenvalue weighted by Crippen LogP contribution is 2.23. The van der Waals surface area contributed by atoms with Gasteiger partial charge < -0.3 is 10.2 Å². The van der Waals surface area contributed by atoms with E-state index in [4.69, 9.17) is 0 Å². The average Bonchev–Trinajstić information content (AvgIpc) is 2.89. The molecule has 1 aliphatic carbocycles. The Bertz CT molecular complexity index is 649. The number of nitrogens with one attached hydrogen (secondary N) is 1. The van der Waals surface area contributed by atoms with Gasteiger partial charge in [0.15, 0.2) is 0 Å². The smallest absolute Gasteiger partial charge is 0.253 e. The minimum Gasteiger partial charge on any atom is -0.352 e. The van der Waals surface area contributed by atoms with Gasteiger partial charge in [-0.05, 0) is 49.4 Å². The van der Waals surface area contributed by atoms with Crippen molar-refractivity contribution >= 4 is 11.8 Å². The molecule has 1 aromatic rings. The quantitative estimate of drug-likeness (QED) is 0.880. The fraction of sp³-hybridized carbons (Fsp3) is 0.619. The van der Waals surface area contributed by atoms with Gasteiger partial charge >= 0.3 is 0 Å². The van der Waals surface area contributed by atoms with E-state index < -0.39 is 0 Å². The molecule has 0 bridgehead atoms. The third kappa shape index (κ3) is 5.51. The Morgan fingerprint density at radius 3 is 2.52 bits per heavy atom. The summed E-state index contributed by atoms with van der Waals surface area (Å²) in [6.45, 7) is 5.34. The molecule has 3 rings (SSSR count). The minimum atomic E-state index is -0.341. The van der Waals surface area contributed by atoms with Gasteiger partial charge in [0, 0.05) is 37.8 Å². The summed E-state index contributed by atoms with van der Waals surface area (Å²) in [6, 6.07) is 5.98. The largest absolute Gasteiger partial charge is 0.352 e. The van der Waals surface area contributed by atoms with Crippen molar-refractivity contribution in [2.45, 2.75) is 45.1 Å². The van der Waals surface area contributed by atoms with Crippen LogP contribution >= 0.6 is 0 Å². The van der Waals surface area contributed by atoms with E-state index in [1.807, 2.05) is 0 Å². The van der Waals surface area contributed by atoms with E-state index in [1.165, 1.54) is 43.5 Å². The molecule has 0 spiro atoms. The zero-order valence-corrected chi connectivity index (χ0v) is 16.1. The highest BCUT2D eigenvalue weighted by atomic mass is 19.1. The third-order valence-electron chi connectivity index (χ3n) is 5.79. The number of hydrogen-bond donors (Lipinski definition) is 1. The summed E-state index contributed by atoms with van der Waals surface area (Å²) < 4.78 is 13.1. The molecule has 5 nitrogen and oxygen atoms in total. The molecule has 1 aromatic carbocycles. The van der Waals surface area contributed by atoms with Crippen LogP contribution in [0, 0.1) is 11.7 Å². The molecular weight excluding hydrogens is 345 g/mol. The zero-order chi connectivity index (χ0) is 19.2. The molecule has 148 valence electrons. The molecule has 1 N–H and O–H groups in total. The van der Waals surface area contributed by atoms with E-state index in [1.54, 1.807) is 4.90 Å². The summed E-state index contributed by atoms with van der Waals surface area (Å²) in [5.74, 6) is 0.229. The van der Waals surface area contributed by atoms with Crippen molar-refractivity contribution in [1.29, 1.82) is 0 Å². The summed E-state index contributed by atoms with van der Waals surface area (Å²) in [7, 11) is 0. The zero-order valence-electron chi connectivity index (χ0n) is 16.1. The van der Waals surface area contributed by atoms with Gasteiger partial charge in [0.1, 0.15) is 5.82 Å². The highest BCUT2D eigenvalue weighted by molar-refractivity contribution is 5.94. The molecule has 2 fully saturated rings. The summed E-state index contributed by atoms with van der Waals surface area (Å²) in [5.41, 5.74) is 0.508. The van der Waals surface area contributed by atoms with Crippen molar-refractivity contribution in [3.63, 3.8) is 0 Å². The van der Waals surface area contributed by atoms with E-state index in [-0.39, 0.29) is 17.6 Å². The minimum absolute atomic E-state index is 0.0719. The number of hydrogen-bond acceptors (Lipinski definition) is 3. The second kappa shape index (κ2) is 9.31. The van der Waals surface area contributed by atoms with Crippen LogP contribution in [0.5, 0.6) is 0 Å². The summed E-state index contributed by atoms with van der Waals surface area (Å²) in [6.07, 6.45) is 5.55. The van der Waals surface area contributed by atoms with Gasteiger partial charge in [-0.1, -0.05) is 19.8 Å². The van der Waals surface area contributed by atoms with E-state index >= 15 is 0 Å². The fourth-order valence-electron chi connectivity index (χ4n) is 4.09. The van der Waals surface area contributed by atoms with Crippen LogP contribution in [0.2, 0.25) is 0 Å². The molecule has 2 aliphatic rings. The van der Waals surface area contributed by atoms with Crippen LogP contribution in [0.3, 0.4) is 0 Å². The highest BCUT2D eigenvalue weighted by Gasteiger charge is 2.25. The van der Waals surface area contributed by atoms with E-state index in [0.29, 0.717) is 43.7 Å². The molecule has 6 heteroatoms. The molecule has 1 aliphatic heterocycles. The maximum atomic E-state index is 13.1. The van der Waals surface area contributed by atoms with Crippen molar-refractivity contribution in [3.8, 4) is 0 Å². The molecule has 2 atom stereocenters. The predicted molar refractivity (Wildman–Crippen MR) is 103 cm³/mol. The molecule has 0 unspecified atom stereocenters. The number of nitrogens with zero attached hydrogens (tertiary/aromatic N) is 2. The number of carbonyl (C=O) groups is 2. The maximum Gasteiger partial charge on any atom is 0.253 e. The first-order valence-corrected chi connectivity index (χ1v) is 10.1. The Hall–Kier alpha value is -1.95. The van der Waals surface area contributed by atoms with Crippen LogP contribution in [-0.4, -0.2) is 60.4 Å². The number of rotatable bonds is 4. The van der Waals surface area contributed by atoms with E-state index in [9.17, 15) is 14.0 Å². The standard InChI is InChI=1S/C21H30FN3O2/c1-16-5-2-3-6-19(16)23-20(26)15-24-11-4-12-25(14-13-24)21(27)17-7-9-18(22)10-8-17/h7-10,16,19H,2-6,11-15H2,1H3,(H,23,26)/t16-,19+/m0/s1. The van der Waals surface area contributed by atoms with Gasteiger partial charge in [-0.3, -0.25) is 14.5 Å². The average molecular weight is 375 g/mol. The molecule has 1 heterocycles. The fourth-order valence-corrected chi connectivity index (χ4v) is 4.09. The maximum absolute atomic E-state index is 13.1. The van der Waals surface area contributed by atoms with E-state index in [0.717, 1.165) is 19.4 Å². The molecule has 2 amide bonds. The molecular formula is C21H30FN3O2. The first kappa shape index (κ1) is 19.8. The molecule has 1 saturated carbocycles.